The van der Waals surface area contributed by atoms with Crippen LogP contribution in [0.2, 0.25) is 0 Å². The molecule has 0 unspecified atom stereocenters. The number of pyridine rings is 1. The van der Waals surface area contributed by atoms with E-state index in [-0.39, 0.29) is 5.91 Å². The Balaban J connectivity index is 1.42. The van der Waals surface area contributed by atoms with E-state index >= 15 is 0 Å². The van der Waals surface area contributed by atoms with E-state index in [1.165, 1.54) is 0 Å². The molecule has 3 aromatic heterocycles. The molecular weight excluding hydrogens is 392 g/mol. The number of benzene rings is 1. The zero-order valence-electron chi connectivity index (χ0n) is 16.9. The third-order valence-electron chi connectivity index (χ3n) is 6.26. The first-order chi connectivity index (χ1) is 15.2. The minimum absolute atomic E-state index is 0.0554. The number of furan rings is 1. The quantitative estimate of drug-likeness (QED) is 0.475. The number of aromatic nitrogens is 3. The summed E-state index contributed by atoms with van der Waals surface area (Å²) in [6.45, 7) is 2.59. The summed E-state index contributed by atoms with van der Waals surface area (Å²) in [5, 5.41) is 11.7. The van der Waals surface area contributed by atoms with Gasteiger partial charge in [0.2, 0.25) is 0 Å². The fraction of sp³-hybridized carbons (Fsp3) is 0.261. The zero-order valence-corrected chi connectivity index (χ0v) is 16.9. The average Bonchev–Trinajstić information content (AvgIpc) is 3.54. The van der Waals surface area contributed by atoms with Gasteiger partial charge in [0, 0.05) is 46.6 Å². The summed E-state index contributed by atoms with van der Waals surface area (Å²) in [6.07, 6.45) is 7.86. The Morgan fingerprint density at radius 3 is 2.84 bits per heavy atom. The summed E-state index contributed by atoms with van der Waals surface area (Å²) in [5.41, 5.74) is 11.1. The van der Waals surface area contributed by atoms with Crippen LogP contribution in [0, 0.1) is 0 Å². The fourth-order valence-corrected chi connectivity index (χ4v) is 4.53. The third-order valence-corrected chi connectivity index (χ3v) is 6.26. The number of nitrogens with two attached hydrogens (primary N) is 1. The molecule has 6 rings (SSSR count). The lowest BCUT2D eigenvalue weighted by atomic mass is 10.0. The van der Waals surface area contributed by atoms with Gasteiger partial charge in [0.25, 0.3) is 5.91 Å². The van der Waals surface area contributed by atoms with Gasteiger partial charge in [-0.1, -0.05) is 12.1 Å². The van der Waals surface area contributed by atoms with Gasteiger partial charge in [-0.15, -0.1) is 0 Å². The molecule has 31 heavy (non-hydrogen) atoms. The van der Waals surface area contributed by atoms with Crippen molar-refractivity contribution in [2.45, 2.75) is 25.4 Å². The van der Waals surface area contributed by atoms with Crippen molar-refractivity contribution >= 4 is 22.7 Å². The minimum Gasteiger partial charge on any atom is -0.452 e. The first kappa shape index (κ1) is 18.1. The smallest absolute Gasteiger partial charge is 0.251 e. The summed E-state index contributed by atoms with van der Waals surface area (Å²) in [7, 11) is 0. The van der Waals surface area contributed by atoms with Gasteiger partial charge < -0.3 is 20.8 Å². The lowest BCUT2D eigenvalue weighted by Gasteiger charge is -2.22. The Hall–Kier alpha value is -3.65. The van der Waals surface area contributed by atoms with Crippen molar-refractivity contribution in [2.75, 3.05) is 18.8 Å². The molecule has 0 aliphatic carbocycles. The third kappa shape index (κ3) is 2.98. The highest BCUT2D eigenvalue weighted by Crippen LogP contribution is 2.37. The Labute approximate surface area is 178 Å². The van der Waals surface area contributed by atoms with Gasteiger partial charge in [0.15, 0.2) is 11.4 Å². The van der Waals surface area contributed by atoms with E-state index in [1.807, 2.05) is 30.5 Å². The lowest BCUT2D eigenvalue weighted by molar-refractivity contribution is 0.0966. The number of nitrogens with one attached hydrogen (secondary N) is 2. The van der Waals surface area contributed by atoms with Crippen LogP contribution in [-0.2, 0) is 6.54 Å². The minimum atomic E-state index is -0.0554. The van der Waals surface area contributed by atoms with Crippen molar-refractivity contribution in [3.63, 3.8) is 0 Å². The van der Waals surface area contributed by atoms with E-state index < -0.39 is 0 Å². The van der Waals surface area contributed by atoms with Gasteiger partial charge >= 0.3 is 0 Å². The maximum atomic E-state index is 12.1. The number of hydrogen-bond donors (Lipinski definition) is 3. The highest BCUT2D eigenvalue weighted by molar-refractivity contribution is 6.01. The van der Waals surface area contributed by atoms with Crippen LogP contribution in [0.5, 0.6) is 0 Å². The molecule has 2 aliphatic heterocycles. The molecule has 4 N–H and O–H groups in total. The number of amides is 1. The molecule has 0 spiro atoms. The number of rotatable bonds is 3. The molecule has 0 atom stereocenters. The molecule has 1 amide bonds. The van der Waals surface area contributed by atoms with E-state index in [0.29, 0.717) is 35.3 Å². The van der Waals surface area contributed by atoms with Crippen molar-refractivity contribution < 1.29 is 9.21 Å². The van der Waals surface area contributed by atoms with Gasteiger partial charge in [-0.3, -0.25) is 9.48 Å². The molecule has 1 saturated heterocycles. The zero-order chi connectivity index (χ0) is 20.9. The lowest BCUT2D eigenvalue weighted by Crippen LogP contribution is -2.29. The number of fused-ring (bicyclic) bond motifs is 2. The highest BCUT2D eigenvalue weighted by Gasteiger charge is 2.22. The molecule has 8 heteroatoms. The number of hydrogen-bond acceptors (Lipinski definition) is 6. The SMILES string of the molecule is Nc1ncc(-c2cnn(C3CCNCC3)c2)c2cc(-c3ccc4c(c3)C(=O)NC4)oc12. The number of carbonyl (C=O) groups excluding carboxylic acids is 1. The molecule has 4 aromatic rings. The Kier molecular flexibility index (Phi) is 4.07. The summed E-state index contributed by atoms with van der Waals surface area (Å²) in [4.78, 5) is 16.4. The second-order valence-electron chi connectivity index (χ2n) is 8.16. The van der Waals surface area contributed by atoms with E-state index in [1.54, 1.807) is 6.20 Å². The second kappa shape index (κ2) is 6.95. The van der Waals surface area contributed by atoms with Crippen LogP contribution < -0.4 is 16.4 Å². The molecule has 156 valence electrons. The monoisotopic (exact) mass is 414 g/mol. The van der Waals surface area contributed by atoms with Crippen LogP contribution in [0.25, 0.3) is 33.4 Å². The topological polar surface area (TPSA) is 111 Å². The van der Waals surface area contributed by atoms with E-state index in [9.17, 15) is 4.79 Å². The van der Waals surface area contributed by atoms with E-state index in [4.69, 9.17) is 10.2 Å². The first-order valence-corrected chi connectivity index (χ1v) is 10.5. The second-order valence-corrected chi connectivity index (χ2v) is 8.16. The van der Waals surface area contributed by atoms with Crippen LogP contribution >= 0.6 is 0 Å². The average molecular weight is 414 g/mol. The van der Waals surface area contributed by atoms with Gasteiger partial charge in [-0.05, 0) is 43.6 Å². The van der Waals surface area contributed by atoms with Crippen LogP contribution in [-0.4, -0.2) is 33.8 Å². The Bertz CT molecular complexity index is 1320. The van der Waals surface area contributed by atoms with Crippen molar-refractivity contribution in [3.8, 4) is 22.5 Å². The molecule has 8 nitrogen and oxygen atoms in total. The predicted octanol–water partition coefficient (Wildman–Crippen LogP) is 3.11. The summed E-state index contributed by atoms with van der Waals surface area (Å²) in [5.74, 6) is 0.944. The summed E-state index contributed by atoms with van der Waals surface area (Å²) >= 11 is 0. The van der Waals surface area contributed by atoms with Gasteiger partial charge in [0.1, 0.15) is 5.76 Å². The van der Waals surface area contributed by atoms with Gasteiger partial charge in [0.05, 0.1) is 12.2 Å². The van der Waals surface area contributed by atoms with Crippen molar-refractivity contribution in [1.82, 2.24) is 25.4 Å². The Morgan fingerprint density at radius 2 is 1.97 bits per heavy atom. The predicted molar refractivity (Wildman–Crippen MR) is 117 cm³/mol. The molecule has 0 bridgehead atoms. The molecule has 2 aliphatic rings. The molecule has 5 heterocycles. The largest absolute Gasteiger partial charge is 0.452 e. The number of nitrogens with zero attached hydrogens (tertiary/aromatic N) is 3. The molecular formula is C23H22N6O2. The van der Waals surface area contributed by atoms with Crippen LogP contribution in [0.15, 0.2) is 47.3 Å². The number of carbonyl (C=O) groups is 1. The van der Waals surface area contributed by atoms with Gasteiger partial charge in [-0.2, -0.15) is 5.10 Å². The van der Waals surface area contributed by atoms with Crippen molar-refractivity contribution in [3.05, 3.63) is 54.0 Å². The molecule has 0 radical (unpaired) electrons. The summed E-state index contributed by atoms with van der Waals surface area (Å²) < 4.78 is 8.16. The van der Waals surface area contributed by atoms with E-state index in [2.05, 4.69) is 31.6 Å². The van der Waals surface area contributed by atoms with E-state index in [0.717, 1.165) is 53.6 Å². The van der Waals surface area contributed by atoms with Gasteiger partial charge in [-0.25, -0.2) is 4.98 Å². The molecule has 1 aromatic carbocycles. The maximum Gasteiger partial charge on any atom is 0.251 e. The Morgan fingerprint density at radius 1 is 1.10 bits per heavy atom. The van der Waals surface area contributed by atoms with Crippen LogP contribution in [0.4, 0.5) is 5.82 Å². The molecule has 1 fully saturated rings. The van der Waals surface area contributed by atoms with Crippen molar-refractivity contribution in [1.29, 1.82) is 0 Å². The number of nitrogen functional groups attached to an aromatic ring is 1. The van der Waals surface area contributed by atoms with Crippen LogP contribution in [0.1, 0.15) is 34.8 Å². The maximum absolute atomic E-state index is 12.1. The van der Waals surface area contributed by atoms with Crippen molar-refractivity contribution in [2.24, 2.45) is 0 Å². The number of piperidine rings is 1. The fourth-order valence-electron chi connectivity index (χ4n) is 4.53. The standard InChI is InChI=1S/C23H22N6O2/c24-22-21-18(8-20(31-21)13-1-2-14-9-27-23(30)17(14)7-13)19(11-26-22)15-10-28-29(12-15)16-3-5-25-6-4-16/h1-2,7-8,10-12,16,25H,3-6,9H2,(H2,24,26)(H,27,30). The summed E-state index contributed by atoms with van der Waals surface area (Å²) in [6, 6.07) is 8.17. The molecule has 0 saturated carbocycles. The normalized spacial score (nSPS) is 16.6. The van der Waals surface area contributed by atoms with Crippen LogP contribution in [0.3, 0.4) is 0 Å². The number of anilines is 1. The first-order valence-electron chi connectivity index (χ1n) is 10.5. The highest BCUT2D eigenvalue weighted by atomic mass is 16.3.